The van der Waals surface area contributed by atoms with E-state index in [0.717, 1.165) is 17.6 Å². The molecule has 30 heavy (non-hydrogen) atoms. The number of ketones is 2. The molecule has 6 heteroatoms. The van der Waals surface area contributed by atoms with E-state index in [1.54, 1.807) is 12.2 Å². The van der Waals surface area contributed by atoms with E-state index in [9.17, 15) is 19.2 Å². The Hall–Kier alpha value is -2.24. The van der Waals surface area contributed by atoms with Crippen molar-refractivity contribution < 1.29 is 28.7 Å². The number of hydrogen-bond acceptors (Lipinski definition) is 6. The predicted molar refractivity (Wildman–Crippen MR) is 106 cm³/mol. The number of hydrogen-bond donors (Lipinski definition) is 0. The first-order chi connectivity index (χ1) is 14.2. The van der Waals surface area contributed by atoms with Crippen LogP contribution in [0.5, 0.6) is 0 Å². The van der Waals surface area contributed by atoms with Gasteiger partial charge in [-0.05, 0) is 63.0 Å². The fourth-order valence-corrected chi connectivity index (χ4v) is 7.33. The first kappa shape index (κ1) is 19.7. The fourth-order valence-electron chi connectivity index (χ4n) is 7.33. The van der Waals surface area contributed by atoms with Crippen LogP contribution in [0, 0.1) is 28.6 Å². The molecule has 2 unspecified atom stereocenters. The fraction of sp³-hybridized carbons (Fsp3) is 0.667. The summed E-state index contributed by atoms with van der Waals surface area (Å²) in [5.74, 6) is -1.13. The van der Waals surface area contributed by atoms with E-state index in [1.165, 1.54) is 7.11 Å². The van der Waals surface area contributed by atoms with Gasteiger partial charge < -0.3 is 9.47 Å². The van der Waals surface area contributed by atoms with Crippen LogP contribution in [0.3, 0.4) is 0 Å². The number of allylic oxidation sites excluding steroid dienone is 4. The number of methoxy groups -OCH3 is 1. The van der Waals surface area contributed by atoms with Crippen molar-refractivity contribution in [2.75, 3.05) is 7.11 Å². The minimum atomic E-state index is -0.832. The second-order valence-corrected chi connectivity index (χ2v) is 10.1. The van der Waals surface area contributed by atoms with Gasteiger partial charge in [-0.15, -0.1) is 0 Å². The van der Waals surface area contributed by atoms with Gasteiger partial charge in [0.1, 0.15) is 5.60 Å². The van der Waals surface area contributed by atoms with Gasteiger partial charge in [0.2, 0.25) is 0 Å². The molecular weight excluding hydrogens is 384 g/mol. The van der Waals surface area contributed by atoms with Crippen LogP contribution in [0.25, 0.3) is 0 Å². The lowest BCUT2D eigenvalue weighted by Crippen LogP contribution is -2.57. The Balaban J connectivity index is 1.68. The van der Waals surface area contributed by atoms with E-state index >= 15 is 0 Å². The third-order valence-corrected chi connectivity index (χ3v) is 9.11. The summed E-state index contributed by atoms with van der Waals surface area (Å²) in [5.41, 5.74) is -0.0809. The van der Waals surface area contributed by atoms with Crippen molar-refractivity contribution in [3.8, 4) is 0 Å². The third-order valence-electron chi connectivity index (χ3n) is 9.11. The Labute approximate surface area is 176 Å². The first-order valence-electron chi connectivity index (χ1n) is 11.0. The lowest BCUT2D eigenvalue weighted by atomic mass is 9.47. The van der Waals surface area contributed by atoms with Crippen molar-refractivity contribution in [2.24, 2.45) is 28.6 Å². The van der Waals surface area contributed by atoms with Crippen molar-refractivity contribution in [1.82, 2.24) is 0 Å². The highest BCUT2D eigenvalue weighted by Gasteiger charge is 2.70. The highest BCUT2D eigenvalue weighted by Crippen LogP contribution is 2.68. The van der Waals surface area contributed by atoms with E-state index in [0.29, 0.717) is 38.5 Å². The summed E-state index contributed by atoms with van der Waals surface area (Å²) in [7, 11) is 1.39. The zero-order chi connectivity index (χ0) is 21.5. The average molecular weight is 412 g/mol. The molecule has 3 fully saturated rings. The van der Waals surface area contributed by atoms with E-state index in [1.807, 2.05) is 6.92 Å². The topological polar surface area (TPSA) is 86.7 Å². The number of rotatable bonds is 1. The monoisotopic (exact) mass is 412 g/mol. The molecule has 0 amide bonds. The van der Waals surface area contributed by atoms with Crippen molar-refractivity contribution in [3.05, 3.63) is 23.3 Å². The highest BCUT2D eigenvalue weighted by atomic mass is 16.6. The largest absolute Gasteiger partial charge is 0.469 e. The minimum Gasteiger partial charge on any atom is -0.469 e. The molecular formula is C24H28O6. The van der Waals surface area contributed by atoms with Crippen LogP contribution in [-0.2, 0) is 28.7 Å². The highest BCUT2D eigenvalue weighted by molar-refractivity contribution is 6.00. The standard InChI is InChI=1S/C24H28O6/c1-22-7-4-14(25)10-13(22)11-15(21(28)29-3)20-16-5-8-24(9-6-19(27)30-24)23(16,2)18(26)12-17(20)22/h10,12,15-16,20H,4-9,11H2,1-3H3/t15-,16?,20?,22+,23-,24-/m1/s1. The van der Waals surface area contributed by atoms with Crippen LogP contribution in [0.1, 0.15) is 58.8 Å². The van der Waals surface area contributed by atoms with Gasteiger partial charge in [-0.25, -0.2) is 0 Å². The maximum atomic E-state index is 13.7. The van der Waals surface area contributed by atoms with Gasteiger partial charge in [0.25, 0.3) is 0 Å². The Morgan fingerprint density at radius 1 is 1.10 bits per heavy atom. The molecule has 160 valence electrons. The van der Waals surface area contributed by atoms with Gasteiger partial charge in [0.05, 0.1) is 18.4 Å². The van der Waals surface area contributed by atoms with Crippen molar-refractivity contribution in [3.63, 3.8) is 0 Å². The van der Waals surface area contributed by atoms with Crippen molar-refractivity contribution in [1.29, 1.82) is 0 Å². The van der Waals surface area contributed by atoms with Gasteiger partial charge >= 0.3 is 11.9 Å². The van der Waals surface area contributed by atoms with Crippen molar-refractivity contribution in [2.45, 2.75) is 64.4 Å². The number of esters is 2. The zero-order valence-electron chi connectivity index (χ0n) is 17.8. The molecule has 1 saturated heterocycles. The smallest absolute Gasteiger partial charge is 0.309 e. The number of carbonyl (C=O) groups is 4. The van der Waals surface area contributed by atoms with E-state index in [-0.39, 0.29) is 40.8 Å². The Morgan fingerprint density at radius 3 is 2.53 bits per heavy atom. The molecule has 0 aromatic rings. The van der Waals surface area contributed by atoms with Crippen LogP contribution in [0.15, 0.2) is 23.3 Å². The molecule has 2 saturated carbocycles. The lowest BCUT2D eigenvalue weighted by molar-refractivity contribution is -0.168. The molecule has 0 aromatic carbocycles. The van der Waals surface area contributed by atoms with E-state index < -0.39 is 16.9 Å². The zero-order valence-corrected chi connectivity index (χ0v) is 17.8. The molecule has 0 bridgehead atoms. The summed E-state index contributed by atoms with van der Waals surface area (Å²) in [4.78, 5) is 50.7. The van der Waals surface area contributed by atoms with E-state index in [4.69, 9.17) is 9.47 Å². The summed E-state index contributed by atoms with van der Waals surface area (Å²) >= 11 is 0. The lowest BCUT2D eigenvalue weighted by Gasteiger charge is -2.55. The van der Waals surface area contributed by atoms with Gasteiger partial charge in [-0.2, -0.15) is 0 Å². The average Bonchev–Trinajstić information content (AvgIpc) is 3.24. The Morgan fingerprint density at radius 2 is 1.87 bits per heavy atom. The minimum absolute atomic E-state index is 0.00561. The molecule has 0 N–H and O–H groups in total. The SMILES string of the molecule is COC(=O)[C@@H]1CC2=CC(=O)CC[C@]2(C)C2=CC(=O)[C@@]3(C)C(CC[C@@]34CCC(=O)O4)C21. The first-order valence-corrected chi connectivity index (χ1v) is 11.0. The van der Waals surface area contributed by atoms with Crippen molar-refractivity contribution >= 4 is 23.5 Å². The number of fused-ring (bicyclic) bond motifs is 6. The quantitative estimate of drug-likeness (QED) is 0.615. The Bertz CT molecular complexity index is 943. The molecule has 5 rings (SSSR count). The maximum absolute atomic E-state index is 13.7. The summed E-state index contributed by atoms with van der Waals surface area (Å²) in [6.45, 7) is 4.04. The second kappa shape index (κ2) is 6.14. The molecule has 1 spiro atoms. The molecule has 6 atom stereocenters. The van der Waals surface area contributed by atoms with Crippen LogP contribution in [0.2, 0.25) is 0 Å². The van der Waals surface area contributed by atoms with Gasteiger partial charge in [-0.3, -0.25) is 19.2 Å². The summed E-state index contributed by atoms with van der Waals surface area (Å²) in [6.07, 6.45) is 7.28. The van der Waals surface area contributed by atoms with Crippen LogP contribution >= 0.6 is 0 Å². The van der Waals surface area contributed by atoms with Crippen LogP contribution in [-0.4, -0.2) is 36.2 Å². The normalized spacial score (nSPS) is 44.6. The maximum Gasteiger partial charge on any atom is 0.309 e. The molecule has 0 aromatic heterocycles. The molecule has 0 radical (unpaired) electrons. The molecule has 4 aliphatic carbocycles. The van der Waals surface area contributed by atoms with Crippen LogP contribution in [0.4, 0.5) is 0 Å². The van der Waals surface area contributed by atoms with Gasteiger partial charge in [0.15, 0.2) is 11.6 Å². The molecule has 5 aliphatic rings. The van der Waals surface area contributed by atoms with E-state index in [2.05, 4.69) is 6.92 Å². The number of ether oxygens (including phenoxy) is 2. The summed E-state index contributed by atoms with van der Waals surface area (Å²) < 4.78 is 11.0. The predicted octanol–water partition coefficient (Wildman–Crippen LogP) is 3.09. The molecule has 1 aliphatic heterocycles. The summed E-state index contributed by atoms with van der Waals surface area (Å²) in [5, 5.41) is 0. The second-order valence-electron chi connectivity index (χ2n) is 10.1. The molecule has 1 heterocycles. The van der Waals surface area contributed by atoms with Gasteiger partial charge in [-0.1, -0.05) is 18.1 Å². The third kappa shape index (κ3) is 2.25. The summed E-state index contributed by atoms with van der Waals surface area (Å²) in [6, 6.07) is 0. The molecule has 6 nitrogen and oxygen atoms in total. The van der Waals surface area contributed by atoms with Gasteiger partial charge in [0, 0.05) is 18.3 Å². The van der Waals surface area contributed by atoms with Crippen LogP contribution < -0.4 is 0 Å². The Kier molecular flexibility index (Phi) is 4.04. The number of carbonyl (C=O) groups excluding carboxylic acids is 4.